The first-order valence-corrected chi connectivity index (χ1v) is 9.59. The summed E-state index contributed by atoms with van der Waals surface area (Å²) in [6, 6.07) is 3.65. The topological polar surface area (TPSA) is 63.2 Å². The fourth-order valence-electron chi connectivity index (χ4n) is 4.21. The van der Waals surface area contributed by atoms with Crippen molar-refractivity contribution in [2.75, 3.05) is 10.5 Å². The summed E-state index contributed by atoms with van der Waals surface area (Å²) in [6.45, 7) is 3.97. The van der Waals surface area contributed by atoms with Crippen molar-refractivity contribution < 1.29 is 17.6 Å². The van der Waals surface area contributed by atoms with Crippen LogP contribution in [0.5, 0.6) is 0 Å². The Balaban J connectivity index is 1.86. The molecule has 4 nitrogen and oxygen atoms in total. The Morgan fingerprint density at radius 3 is 2.61 bits per heavy atom. The lowest BCUT2D eigenvalue weighted by Crippen LogP contribution is -2.43. The van der Waals surface area contributed by atoms with Gasteiger partial charge in [-0.2, -0.15) is 0 Å². The number of nitrogens with one attached hydrogen (secondary N) is 1. The second kappa shape index (κ2) is 5.18. The summed E-state index contributed by atoms with van der Waals surface area (Å²) in [4.78, 5) is 12.4. The highest BCUT2D eigenvalue weighted by Gasteiger charge is 2.65. The number of hydrogen-bond donors (Lipinski definition) is 1. The zero-order valence-corrected chi connectivity index (χ0v) is 14.6. The third-order valence-corrected chi connectivity index (χ3v) is 7.48. The van der Waals surface area contributed by atoms with Gasteiger partial charge in [-0.05, 0) is 42.4 Å². The zero-order chi connectivity index (χ0) is 17.0. The number of hydrogen-bond acceptors (Lipinski definition) is 3. The maximum absolute atomic E-state index is 13.2. The van der Waals surface area contributed by atoms with Gasteiger partial charge >= 0.3 is 0 Å². The summed E-state index contributed by atoms with van der Waals surface area (Å²) in [7, 11) is -3.75. The number of rotatable bonds is 4. The van der Waals surface area contributed by atoms with E-state index in [4.69, 9.17) is 11.6 Å². The molecule has 2 fully saturated rings. The summed E-state index contributed by atoms with van der Waals surface area (Å²) in [6.07, 6.45) is 1.95. The van der Waals surface area contributed by atoms with E-state index in [-0.39, 0.29) is 33.6 Å². The number of sulfonamides is 1. The van der Waals surface area contributed by atoms with Crippen molar-refractivity contribution in [3.05, 3.63) is 29.0 Å². The molecule has 2 saturated carbocycles. The molecule has 126 valence electrons. The average molecular weight is 360 g/mol. The van der Waals surface area contributed by atoms with E-state index in [1.54, 1.807) is 0 Å². The Morgan fingerprint density at radius 2 is 2.09 bits per heavy atom. The Hall–Kier alpha value is -1.14. The number of anilines is 1. The molecular formula is C16H19ClFNO3S. The largest absolute Gasteiger partial charge is 0.299 e. The Morgan fingerprint density at radius 1 is 1.39 bits per heavy atom. The number of halogens is 2. The number of benzene rings is 1. The minimum Gasteiger partial charge on any atom is -0.299 e. The first kappa shape index (κ1) is 16.7. The molecule has 0 spiro atoms. The molecule has 0 radical (unpaired) electrons. The lowest BCUT2D eigenvalue weighted by atomic mass is 9.70. The van der Waals surface area contributed by atoms with Crippen LogP contribution in [0.25, 0.3) is 0 Å². The van der Waals surface area contributed by atoms with E-state index >= 15 is 0 Å². The molecule has 7 heteroatoms. The Bertz CT molecular complexity index is 778. The van der Waals surface area contributed by atoms with Crippen LogP contribution in [0.2, 0.25) is 5.02 Å². The molecular weight excluding hydrogens is 341 g/mol. The van der Waals surface area contributed by atoms with Crippen molar-refractivity contribution in [1.29, 1.82) is 0 Å². The summed E-state index contributed by atoms with van der Waals surface area (Å²) in [5.41, 5.74) is -0.947. The minimum absolute atomic E-state index is 0.0428. The van der Waals surface area contributed by atoms with Crippen LogP contribution in [0.4, 0.5) is 10.1 Å². The second-order valence-electron chi connectivity index (χ2n) is 7.16. The molecule has 2 aliphatic rings. The van der Waals surface area contributed by atoms with Crippen LogP contribution >= 0.6 is 11.6 Å². The third kappa shape index (κ3) is 2.56. The van der Waals surface area contributed by atoms with Crippen LogP contribution in [-0.2, 0) is 14.8 Å². The van der Waals surface area contributed by atoms with Crippen LogP contribution in [0.15, 0.2) is 18.2 Å². The number of fused-ring (bicyclic) bond motifs is 2. The summed E-state index contributed by atoms with van der Waals surface area (Å²) >= 11 is 5.68. The van der Waals surface area contributed by atoms with Crippen molar-refractivity contribution in [1.82, 2.24) is 0 Å². The van der Waals surface area contributed by atoms with Crippen molar-refractivity contribution in [2.45, 2.75) is 33.1 Å². The normalized spacial score (nSPS) is 29.0. The van der Waals surface area contributed by atoms with Crippen molar-refractivity contribution in [2.24, 2.45) is 16.7 Å². The first-order chi connectivity index (χ1) is 10.6. The highest BCUT2D eigenvalue weighted by molar-refractivity contribution is 7.92. The fourth-order valence-corrected chi connectivity index (χ4v) is 6.27. The fraction of sp³-hybridized carbons (Fsp3) is 0.562. The van der Waals surface area contributed by atoms with Gasteiger partial charge in [0.15, 0.2) is 0 Å². The van der Waals surface area contributed by atoms with Gasteiger partial charge < -0.3 is 0 Å². The molecule has 3 rings (SSSR count). The molecule has 23 heavy (non-hydrogen) atoms. The summed E-state index contributed by atoms with van der Waals surface area (Å²) < 4.78 is 40.7. The van der Waals surface area contributed by atoms with Gasteiger partial charge in [0.25, 0.3) is 0 Å². The van der Waals surface area contributed by atoms with Crippen LogP contribution < -0.4 is 4.72 Å². The van der Waals surface area contributed by atoms with Crippen LogP contribution in [0, 0.1) is 22.6 Å². The molecule has 1 N–H and O–H groups in total. The quantitative estimate of drug-likeness (QED) is 0.893. The van der Waals surface area contributed by atoms with Gasteiger partial charge in [-0.3, -0.25) is 9.52 Å². The van der Waals surface area contributed by atoms with E-state index in [1.807, 2.05) is 13.8 Å². The van der Waals surface area contributed by atoms with E-state index in [9.17, 15) is 17.6 Å². The molecule has 0 heterocycles. The number of carbonyl (C=O) groups excluding carboxylic acids is 1. The third-order valence-electron chi connectivity index (χ3n) is 5.77. The molecule has 0 aliphatic heterocycles. The van der Waals surface area contributed by atoms with E-state index < -0.39 is 21.3 Å². The zero-order valence-electron chi connectivity index (χ0n) is 13.0. The minimum atomic E-state index is -3.75. The standard InChI is InChI=1S/C16H19ClFNO3S/c1-15(2)10-5-6-16(15,14(20)7-10)9-23(21,22)19-11-3-4-13(18)12(17)8-11/h3-4,8,10,19H,5-7,9H2,1-2H3/t10-,16+/m1/s1. The Labute approximate surface area is 140 Å². The summed E-state index contributed by atoms with van der Waals surface area (Å²) in [5, 5.41) is -0.151. The molecule has 0 aromatic heterocycles. The van der Waals surface area contributed by atoms with E-state index in [1.165, 1.54) is 12.1 Å². The maximum atomic E-state index is 13.2. The highest BCUT2D eigenvalue weighted by Crippen LogP contribution is 2.64. The number of ketones is 1. The lowest BCUT2D eigenvalue weighted by molar-refractivity contribution is -0.128. The van der Waals surface area contributed by atoms with Crippen LogP contribution in [0.1, 0.15) is 33.1 Å². The van der Waals surface area contributed by atoms with Crippen molar-refractivity contribution >= 4 is 33.1 Å². The number of Topliss-reactive ketones (excluding diaryl/α,β-unsaturated/α-hetero) is 1. The second-order valence-corrected chi connectivity index (χ2v) is 9.29. The monoisotopic (exact) mass is 359 g/mol. The predicted octanol–water partition coefficient (Wildman–Crippen LogP) is 3.62. The SMILES string of the molecule is CC1(C)[C@@H]2CC[C@]1(CS(=O)(=O)Nc1ccc(F)c(Cl)c1)C(=O)C2. The summed E-state index contributed by atoms with van der Waals surface area (Å²) in [5.74, 6) is -0.553. The first-order valence-electron chi connectivity index (χ1n) is 7.56. The van der Waals surface area contributed by atoms with Gasteiger partial charge in [0.1, 0.15) is 11.6 Å². The molecule has 2 atom stereocenters. The lowest BCUT2D eigenvalue weighted by Gasteiger charge is -2.36. The molecule has 0 saturated heterocycles. The highest BCUT2D eigenvalue weighted by atomic mass is 35.5. The predicted molar refractivity (Wildman–Crippen MR) is 87.4 cm³/mol. The molecule has 1 aromatic carbocycles. The van der Waals surface area contributed by atoms with E-state index in [2.05, 4.69) is 4.72 Å². The molecule has 2 bridgehead atoms. The van der Waals surface area contributed by atoms with Crippen LogP contribution in [-0.4, -0.2) is 20.0 Å². The van der Waals surface area contributed by atoms with Gasteiger partial charge in [0.2, 0.25) is 10.0 Å². The molecule has 0 amide bonds. The van der Waals surface area contributed by atoms with Gasteiger partial charge in [-0.1, -0.05) is 25.4 Å². The molecule has 2 aliphatic carbocycles. The van der Waals surface area contributed by atoms with Gasteiger partial charge in [0, 0.05) is 6.42 Å². The maximum Gasteiger partial charge on any atom is 0.233 e. The van der Waals surface area contributed by atoms with Crippen molar-refractivity contribution in [3.8, 4) is 0 Å². The molecule has 0 unspecified atom stereocenters. The Kier molecular flexibility index (Phi) is 3.76. The molecule has 1 aromatic rings. The van der Waals surface area contributed by atoms with E-state index in [0.29, 0.717) is 12.8 Å². The smallest absolute Gasteiger partial charge is 0.233 e. The number of carbonyl (C=O) groups is 1. The van der Waals surface area contributed by atoms with Gasteiger partial charge in [-0.25, -0.2) is 12.8 Å². The van der Waals surface area contributed by atoms with Crippen molar-refractivity contribution in [3.63, 3.8) is 0 Å². The average Bonchev–Trinajstić information content (AvgIpc) is 2.76. The van der Waals surface area contributed by atoms with Crippen LogP contribution in [0.3, 0.4) is 0 Å². The van der Waals surface area contributed by atoms with E-state index in [0.717, 1.165) is 12.5 Å². The van der Waals surface area contributed by atoms with Gasteiger partial charge in [0.05, 0.1) is 21.9 Å². The van der Waals surface area contributed by atoms with Gasteiger partial charge in [-0.15, -0.1) is 0 Å².